The van der Waals surface area contributed by atoms with Crippen LogP contribution in [0.5, 0.6) is 0 Å². The summed E-state index contributed by atoms with van der Waals surface area (Å²) in [5.74, 6) is 1.28. The average molecular weight is 302 g/mol. The van der Waals surface area contributed by atoms with Crippen molar-refractivity contribution in [3.63, 3.8) is 0 Å². The van der Waals surface area contributed by atoms with Crippen LogP contribution in [0.1, 0.15) is 72.5 Å². The molecule has 0 saturated heterocycles. The van der Waals surface area contributed by atoms with Crippen LogP contribution in [0.3, 0.4) is 0 Å². The van der Waals surface area contributed by atoms with Crippen LogP contribution in [0, 0.1) is 36.0 Å². The van der Waals surface area contributed by atoms with Gasteiger partial charge in [0.25, 0.3) is 0 Å². The number of hydrogen-bond acceptors (Lipinski definition) is 2. The lowest BCUT2D eigenvalue weighted by Gasteiger charge is -2.64. The van der Waals surface area contributed by atoms with Gasteiger partial charge < -0.3 is 0 Å². The average Bonchev–Trinajstić information content (AvgIpc) is 2.62. The molecule has 4 bridgehead atoms. The number of Topliss-reactive ketones (excluding diaryl/α,β-unsaturated/α-hetero) is 1. The lowest BCUT2D eigenvalue weighted by molar-refractivity contribution is -0.125. The fourth-order valence-corrected chi connectivity index (χ4v) is 7.90. The molecule has 21 heavy (non-hydrogen) atoms. The molecule has 2 atom stereocenters. The van der Waals surface area contributed by atoms with Crippen LogP contribution in [0.2, 0.25) is 0 Å². The molecule has 4 saturated carbocycles. The summed E-state index contributed by atoms with van der Waals surface area (Å²) in [5, 5.41) is 0. The highest BCUT2D eigenvalue weighted by molar-refractivity contribution is 7.14. The Kier molecular flexibility index (Phi) is 2.67. The van der Waals surface area contributed by atoms with Gasteiger partial charge in [0.05, 0.1) is 4.88 Å². The van der Waals surface area contributed by atoms with E-state index in [-0.39, 0.29) is 5.41 Å². The van der Waals surface area contributed by atoms with Crippen LogP contribution >= 0.6 is 11.3 Å². The molecule has 1 nitrogen and oxygen atoms in total. The maximum atomic E-state index is 13.4. The summed E-state index contributed by atoms with van der Waals surface area (Å²) in [6, 6.07) is 2.18. The molecule has 0 radical (unpaired) electrons. The van der Waals surface area contributed by atoms with Crippen LogP contribution in [0.15, 0.2) is 6.07 Å². The summed E-state index contributed by atoms with van der Waals surface area (Å²) >= 11 is 1.72. The number of hydrogen-bond donors (Lipinski definition) is 0. The first kappa shape index (κ1) is 14.0. The first-order chi connectivity index (χ1) is 9.73. The third kappa shape index (κ3) is 1.98. The van der Waals surface area contributed by atoms with Crippen molar-refractivity contribution in [2.75, 3.05) is 0 Å². The van der Waals surface area contributed by atoms with E-state index in [0.717, 1.165) is 30.1 Å². The number of carbonyl (C=O) groups is 1. The van der Waals surface area contributed by atoms with E-state index in [1.165, 1.54) is 29.7 Å². The maximum Gasteiger partial charge on any atom is 0.179 e. The Labute approximate surface area is 132 Å². The van der Waals surface area contributed by atoms with E-state index in [9.17, 15) is 4.79 Å². The molecule has 1 heterocycles. The highest BCUT2D eigenvalue weighted by Crippen LogP contribution is 2.70. The fraction of sp³-hybridized carbons (Fsp3) is 0.737. The number of rotatable bonds is 2. The van der Waals surface area contributed by atoms with Crippen LogP contribution < -0.4 is 0 Å². The smallest absolute Gasteiger partial charge is 0.179 e. The van der Waals surface area contributed by atoms with E-state index in [0.29, 0.717) is 16.6 Å². The molecule has 0 aliphatic heterocycles. The minimum atomic E-state index is -0.0367. The second kappa shape index (κ2) is 4.01. The summed E-state index contributed by atoms with van der Waals surface area (Å²) in [6.45, 7) is 9.13. The van der Waals surface area contributed by atoms with Crippen LogP contribution in [0.4, 0.5) is 0 Å². The molecule has 0 amide bonds. The van der Waals surface area contributed by atoms with Gasteiger partial charge in [0.2, 0.25) is 0 Å². The van der Waals surface area contributed by atoms with Crippen molar-refractivity contribution in [3.05, 3.63) is 21.4 Å². The minimum Gasteiger partial charge on any atom is -0.293 e. The van der Waals surface area contributed by atoms with Crippen LogP contribution in [-0.2, 0) is 0 Å². The Morgan fingerprint density at radius 2 is 1.71 bits per heavy atom. The molecule has 0 spiro atoms. The lowest BCUT2D eigenvalue weighted by atomic mass is 9.39. The van der Waals surface area contributed by atoms with Crippen molar-refractivity contribution in [1.82, 2.24) is 0 Å². The summed E-state index contributed by atoms with van der Waals surface area (Å²) in [7, 11) is 0. The van der Waals surface area contributed by atoms with Gasteiger partial charge in [-0.15, -0.1) is 11.3 Å². The monoisotopic (exact) mass is 302 g/mol. The topological polar surface area (TPSA) is 17.1 Å². The third-order valence-electron chi connectivity index (χ3n) is 6.36. The maximum absolute atomic E-state index is 13.4. The summed E-state index contributed by atoms with van der Waals surface area (Å²) < 4.78 is 0. The zero-order chi connectivity index (χ0) is 15.0. The van der Waals surface area contributed by atoms with E-state index < -0.39 is 0 Å². The predicted octanol–water partition coefficient (Wildman–Crippen LogP) is 5.54. The molecule has 1 aromatic heterocycles. The normalized spacial score (nSPS) is 44.3. The molecular formula is C19H26OS. The van der Waals surface area contributed by atoms with Crippen molar-refractivity contribution in [3.8, 4) is 0 Å². The molecule has 2 heteroatoms. The molecule has 114 valence electrons. The van der Waals surface area contributed by atoms with Crippen LogP contribution in [-0.4, -0.2) is 5.78 Å². The van der Waals surface area contributed by atoms with Gasteiger partial charge in [-0.2, -0.15) is 0 Å². The molecule has 4 aliphatic carbocycles. The Hall–Kier alpha value is -0.630. The molecule has 1 aromatic rings. The largest absolute Gasteiger partial charge is 0.293 e. The molecule has 0 N–H and O–H groups in total. The number of ketones is 1. The predicted molar refractivity (Wildman–Crippen MR) is 88.0 cm³/mol. The second-order valence-corrected chi connectivity index (χ2v) is 10.4. The summed E-state index contributed by atoms with van der Waals surface area (Å²) in [5.41, 5.74) is 2.01. The van der Waals surface area contributed by atoms with Crippen molar-refractivity contribution >= 4 is 17.1 Å². The summed E-state index contributed by atoms with van der Waals surface area (Å²) in [6.07, 6.45) is 7.50. The third-order valence-corrected chi connectivity index (χ3v) is 7.51. The minimum absolute atomic E-state index is 0.0367. The van der Waals surface area contributed by atoms with E-state index in [4.69, 9.17) is 0 Å². The first-order valence-corrected chi connectivity index (χ1v) is 9.16. The fourth-order valence-electron chi connectivity index (χ4n) is 6.81. The van der Waals surface area contributed by atoms with Gasteiger partial charge >= 0.3 is 0 Å². The molecule has 5 rings (SSSR count). The SMILES string of the molecule is Cc1cc(C)c(C(=O)C23CC4CC(C)(CC(C)(C4)C2)C3)s1. The Bertz CT molecular complexity index is 608. The first-order valence-electron chi connectivity index (χ1n) is 8.35. The Balaban J connectivity index is 1.77. The van der Waals surface area contributed by atoms with Crippen molar-refractivity contribution in [2.45, 2.75) is 66.2 Å². The molecule has 2 unspecified atom stereocenters. The highest BCUT2D eigenvalue weighted by atomic mass is 32.1. The zero-order valence-electron chi connectivity index (χ0n) is 13.7. The zero-order valence-corrected chi connectivity index (χ0v) is 14.5. The molecule has 4 aliphatic rings. The van der Waals surface area contributed by atoms with Gasteiger partial charge in [-0.1, -0.05) is 13.8 Å². The van der Waals surface area contributed by atoms with Crippen molar-refractivity contribution in [1.29, 1.82) is 0 Å². The van der Waals surface area contributed by atoms with Gasteiger partial charge in [0, 0.05) is 10.3 Å². The van der Waals surface area contributed by atoms with Gasteiger partial charge in [0.1, 0.15) is 0 Å². The van der Waals surface area contributed by atoms with E-state index in [1.807, 2.05) is 0 Å². The Morgan fingerprint density at radius 3 is 2.19 bits per heavy atom. The van der Waals surface area contributed by atoms with Gasteiger partial charge in [-0.25, -0.2) is 0 Å². The number of carbonyl (C=O) groups excluding carboxylic acids is 1. The van der Waals surface area contributed by atoms with Crippen LogP contribution in [0.25, 0.3) is 0 Å². The second-order valence-electron chi connectivity index (χ2n) is 9.11. The standard InChI is InChI=1S/C19H26OS/c1-12-5-13(2)21-15(12)16(20)19-8-14-6-17(3,10-19)9-18(4,7-14)11-19/h5,14H,6-11H2,1-4H3. The number of aryl methyl sites for hydroxylation is 2. The van der Waals surface area contributed by atoms with E-state index in [1.54, 1.807) is 11.3 Å². The molecular weight excluding hydrogens is 276 g/mol. The molecule has 0 aromatic carbocycles. The molecule has 4 fully saturated rings. The highest BCUT2D eigenvalue weighted by Gasteiger charge is 2.62. The van der Waals surface area contributed by atoms with Gasteiger partial charge in [0.15, 0.2) is 5.78 Å². The number of thiophene rings is 1. The Morgan fingerprint density at radius 1 is 1.10 bits per heavy atom. The quantitative estimate of drug-likeness (QED) is 0.655. The van der Waals surface area contributed by atoms with E-state index in [2.05, 4.69) is 33.8 Å². The van der Waals surface area contributed by atoms with Gasteiger partial charge in [-0.05, 0) is 80.8 Å². The van der Waals surface area contributed by atoms with E-state index >= 15 is 0 Å². The summed E-state index contributed by atoms with van der Waals surface area (Å²) in [4.78, 5) is 15.8. The van der Waals surface area contributed by atoms with Gasteiger partial charge in [-0.3, -0.25) is 4.79 Å². The van der Waals surface area contributed by atoms with Crippen molar-refractivity contribution in [2.24, 2.45) is 22.2 Å². The lowest BCUT2D eigenvalue weighted by Crippen LogP contribution is -2.57. The van der Waals surface area contributed by atoms with Crippen molar-refractivity contribution < 1.29 is 4.79 Å².